The number of urea groups is 1. The number of hydrogen-bond donors (Lipinski definition) is 3. The average Bonchev–Trinajstić information content (AvgIpc) is 2.58. The highest BCUT2D eigenvalue weighted by molar-refractivity contribution is 5.74. The Morgan fingerprint density at radius 3 is 2.33 bits per heavy atom. The van der Waals surface area contributed by atoms with Gasteiger partial charge < -0.3 is 15.7 Å². The minimum absolute atomic E-state index is 0.0962. The standard InChI is InChI=1S/C18H19FN2O3/c19-15-8-6-14(7-9-15)16(10-11-17(22)23)21-18(24)20-12-13-4-2-1-3-5-13/h1-9,16H,10-12H2,(H,22,23)(H2,20,21,24). The Morgan fingerprint density at radius 1 is 1.04 bits per heavy atom. The summed E-state index contributed by atoms with van der Waals surface area (Å²) < 4.78 is 13.0. The zero-order chi connectivity index (χ0) is 17.4. The molecule has 0 saturated carbocycles. The van der Waals surface area contributed by atoms with Crippen LogP contribution in [0.4, 0.5) is 9.18 Å². The molecular formula is C18H19FN2O3. The van der Waals surface area contributed by atoms with Crippen LogP contribution >= 0.6 is 0 Å². The van der Waals surface area contributed by atoms with E-state index in [0.717, 1.165) is 5.56 Å². The van der Waals surface area contributed by atoms with Gasteiger partial charge in [0.25, 0.3) is 0 Å². The summed E-state index contributed by atoms with van der Waals surface area (Å²) in [6, 6.07) is 14.2. The number of nitrogens with one attached hydrogen (secondary N) is 2. The first-order valence-corrected chi connectivity index (χ1v) is 7.60. The number of carbonyl (C=O) groups excluding carboxylic acids is 1. The van der Waals surface area contributed by atoms with E-state index in [9.17, 15) is 14.0 Å². The van der Waals surface area contributed by atoms with E-state index in [2.05, 4.69) is 10.6 Å². The number of benzene rings is 2. The van der Waals surface area contributed by atoms with Crippen molar-refractivity contribution in [3.05, 3.63) is 71.5 Å². The molecule has 24 heavy (non-hydrogen) atoms. The number of rotatable bonds is 7. The van der Waals surface area contributed by atoms with E-state index in [4.69, 9.17) is 5.11 Å². The van der Waals surface area contributed by atoms with Crippen molar-refractivity contribution in [3.63, 3.8) is 0 Å². The van der Waals surface area contributed by atoms with Crippen molar-refractivity contribution >= 4 is 12.0 Å². The smallest absolute Gasteiger partial charge is 0.315 e. The lowest BCUT2D eigenvalue weighted by Crippen LogP contribution is -2.37. The SMILES string of the molecule is O=C(O)CCC(NC(=O)NCc1ccccc1)c1ccc(F)cc1. The summed E-state index contributed by atoms with van der Waals surface area (Å²) in [6.45, 7) is 0.363. The molecule has 1 atom stereocenters. The molecule has 3 N–H and O–H groups in total. The Kier molecular flexibility index (Phi) is 6.31. The van der Waals surface area contributed by atoms with Gasteiger partial charge in [0.15, 0.2) is 0 Å². The van der Waals surface area contributed by atoms with Crippen molar-refractivity contribution in [1.82, 2.24) is 10.6 Å². The van der Waals surface area contributed by atoms with Crippen molar-refractivity contribution in [2.75, 3.05) is 0 Å². The highest BCUT2D eigenvalue weighted by Crippen LogP contribution is 2.19. The summed E-state index contributed by atoms with van der Waals surface area (Å²) in [4.78, 5) is 22.9. The van der Waals surface area contributed by atoms with Gasteiger partial charge >= 0.3 is 12.0 Å². The Hall–Kier alpha value is -2.89. The van der Waals surface area contributed by atoms with Crippen molar-refractivity contribution < 1.29 is 19.1 Å². The van der Waals surface area contributed by atoms with Crippen LogP contribution in [0.3, 0.4) is 0 Å². The predicted octanol–water partition coefficient (Wildman–Crippen LogP) is 3.23. The van der Waals surface area contributed by atoms with Crippen LogP contribution in [0.5, 0.6) is 0 Å². The summed E-state index contributed by atoms with van der Waals surface area (Å²) >= 11 is 0. The van der Waals surface area contributed by atoms with Gasteiger partial charge in [-0.1, -0.05) is 42.5 Å². The van der Waals surface area contributed by atoms with Crippen molar-refractivity contribution in [2.24, 2.45) is 0 Å². The number of halogens is 1. The fraction of sp³-hybridized carbons (Fsp3) is 0.222. The molecule has 0 heterocycles. The zero-order valence-corrected chi connectivity index (χ0v) is 13.0. The topological polar surface area (TPSA) is 78.4 Å². The minimum atomic E-state index is -0.950. The van der Waals surface area contributed by atoms with Gasteiger partial charge in [-0.15, -0.1) is 0 Å². The van der Waals surface area contributed by atoms with E-state index in [1.54, 1.807) is 12.1 Å². The molecule has 0 radical (unpaired) electrons. The molecule has 126 valence electrons. The van der Waals surface area contributed by atoms with Crippen molar-refractivity contribution in [2.45, 2.75) is 25.4 Å². The maximum Gasteiger partial charge on any atom is 0.315 e. The Morgan fingerprint density at radius 2 is 1.71 bits per heavy atom. The molecule has 0 bridgehead atoms. The lowest BCUT2D eigenvalue weighted by molar-refractivity contribution is -0.137. The number of hydrogen-bond acceptors (Lipinski definition) is 2. The van der Waals surface area contributed by atoms with E-state index < -0.39 is 18.0 Å². The van der Waals surface area contributed by atoms with E-state index in [-0.39, 0.29) is 18.7 Å². The summed E-state index contributed by atoms with van der Waals surface area (Å²) in [7, 11) is 0. The van der Waals surface area contributed by atoms with Crippen LogP contribution in [0.15, 0.2) is 54.6 Å². The van der Waals surface area contributed by atoms with Gasteiger partial charge in [0, 0.05) is 13.0 Å². The molecule has 0 saturated heterocycles. The van der Waals surface area contributed by atoms with Gasteiger partial charge in [0.1, 0.15) is 5.82 Å². The van der Waals surface area contributed by atoms with Gasteiger partial charge in [0.05, 0.1) is 6.04 Å². The van der Waals surface area contributed by atoms with Crippen LogP contribution in [0, 0.1) is 5.82 Å². The van der Waals surface area contributed by atoms with Crippen LogP contribution in [-0.4, -0.2) is 17.1 Å². The molecule has 5 nitrogen and oxygen atoms in total. The van der Waals surface area contributed by atoms with E-state index >= 15 is 0 Å². The molecule has 0 aliphatic carbocycles. The molecule has 6 heteroatoms. The normalized spacial score (nSPS) is 11.5. The Bertz CT molecular complexity index is 674. The number of carboxylic acid groups (broad SMARTS) is 1. The molecule has 1 unspecified atom stereocenters. The first-order valence-electron chi connectivity index (χ1n) is 7.60. The summed E-state index contributed by atoms with van der Waals surface area (Å²) in [5, 5.41) is 14.3. The molecular weight excluding hydrogens is 311 g/mol. The molecule has 2 aromatic carbocycles. The van der Waals surface area contributed by atoms with Gasteiger partial charge in [-0.3, -0.25) is 4.79 Å². The lowest BCUT2D eigenvalue weighted by atomic mass is 10.0. The maximum absolute atomic E-state index is 13.0. The van der Waals surface area contributed by atoms with Gasteiger partial charge in [0.2, 0.25) is 0 Å². The fourth-order valence-corrected chi connectivity index (χ4v) is 2.27. The van der Waals surface area contributed by atoms with E-state index in [1.807, 2.05) is 30.3 Å². The second-order valence-corrected chi connectivity index (χ2v) is 5.35. The van der Waals surface area contributed by atoms with Crippen LogP contribution in [0.1, 0.15) is 30.0 Å². The monoisotopic (exact) mass is 330 g/mol. The molecule has 0 aromatic heterocycles. The molecule has 0 aliphatic rings. The molecule has 2 aromatic rings. The molecule has 0 fully saturated rings. The summed E-state index contributed by atoms with van der Waals surface area (Å²) in [6.07, 6.45) is 0.126. The van der Waals surface area contributed by atoms with Gasteiger partial charge in [-0.25, -0.2) is 9.18 Å². The van der Waals surface area contributed by atoms with E-state index in [1.165, 1.54) is 12.1 Å². The first-order chi connectivity index (χ1) is 11.5. The number of carbonyl (C=O) groups is 2. The largest absolute Gasteiger partial charge is 0.481 e. The van der Waals surface area contributed by atoms with Gasteiger partial charge in [-0.2, -0.15) is 0 Å². The quantitative estimate of drug-likeness (QED) is 0.729. The highest BCUT2D eigenvalue weighted by Gasteiger charge is 2.16. The Balaban J connectivity index is 1.97. The molecule has 0 spiro atoms. The van der Waals surface area contributed by atoms with Crippen LogP contribution in [0.25, 0.3) is 0 Å². The highest BCUT2D eigenvalue weighted by atomic mass is 19.1. The maximum atomic E-state index is 13.0. The third-order valence-corrected chi connectivity index (χ3v) is 3.52. The Labute approximate surface area is 139 Å². The number of carboxylic acids is 1. The van der Waals surface area contributed by atoms with Gasteiger partial charge in [-0.05, 0) is 29.7 Å². The second-order valence-electron chi connectivity index (χ2n) is 5.35. The minimum Gasteiger partial charge on any atom is -0.481 e. The van der Waals surface area contributed by atoms with Crippen LogP contribution in [0.2, 0.25) is 0 Å². The van der Waals surface area contributed by atoms with Crippen molar-refractivity contribution in [3.8, 4) is 0 Å². The zero-order valence-electron chi connectivity index (χ0n) is 13.0. The van der Waals surface area contributed by atoms with Crippen LogP contribution in [-0.2, 0) is 11.3 Å². The first kappa shape index (κ1) is 17.5. The number of aliphatic carboxylic acids is 1. The summed E-state index contributed by atoms with van der Waals surface area (Å²) in [5.74, 6) is -1.34. The predicted molar refractivity (Wildman–Crippen MR) is 87.8 cm³/mol. The third kappa shape index (κ3) is 5.72. The average molecular weight is 330 g/mol. The fourth-order valence-electron chi connectivity index (χ4n) is 2.27. The number of amides is 2. The lowest BCUT2D eigenvalue weighted by Gasteiger charge is -2.19. The molecule has 0 aliphatic heterocycles. The van der Waals surface area contributed by atoms with Crippen molar-refractivity contribution in [1.29, 1.82) is 0 Å². The summed E-state index contributed by atoms with van der Waals surface area (Å²) in [5.41, 5.74) is 1.61. The van der Waals surface area contributed by atoms with Crippen LogP contribution < -0.4 is 10.6 Å². The molecule has 2 rings (SSSR count). The molecule has 2 amide bonds. The second kappa shape index (κ2) is 8.67. The third-order valence-electron chi connectivity index (χ3n) is 3.52. The van der Waals surface area contributed by atoms with E-state index in [0.29, 0.717) is 12.1 Å².